The van der Waals surface area contributed by atoms with Crippen molar-refractivity contribution in [3.63, 3.8) is 0 Å². The predicted molar refractivity (Wildman–Crippen MR) is 72.1 cm³/mol. The van der Waals surface area contributed by atoms with E-state index in [0.717, 1.165) is 0 Å². The largest absolute Gasteiger partial charge is 0.383 e. The van der Waals surface area contributed by atoms with Crippen LogP contribution in [-0.2, 0) is 19.5 Å². The summed E-state index contributed by atoms with van der Waals surface area (Å²) >= 11 is 3.16. The minimum absolute atomic E-state index is 0.0449. The van der Waals surface area contributed by atoms with Gasteiger partial charge in [0.05, 0.1) is 25.9 Å². The van der Waals surface area contributed by atoms with Gasteiger partial charge in [0.15, 0.2) is 0 Å². The van der Waals surface area contributed by atoms with E-state index in [9.17, 15) is 8.42 Å². The first kappa shape index (κ1) is 14.7. The summed E-state index contributed by atoms with van der Waals surface area (Å²) in [7, 11) is -3.72. The molecule has 1 aromatic heterocycles. The number of rotatable bonds is 4. The number of nitrogens with one attached hydrogen (secondary N) is 1. The number of ether oxygens (including phenoxy) is 2. The van der Waals surface area contributed by atoms with E-state index in [1.807, 2.05) is 0 Å². The van der Waals surface area contributed by atoms with Crippen LogP contribution in [0.4, 0.5) is 5.82 Å². The zero-order chi connectivity index (χ0) is 13.9. The molecule has 0 saturated carbocycles. The summed E-state index contributed by atoms with van der Waals surface area (Å²) in [5.74, 6) is -0.0449. The van der Waals surface area contributed by atoms with Crippen LogP contribution in [-0.4, -0.2) is 45.9 Å². The maximum atomic E-state index is 12.1. The van der Waals surface area contributed by atoms with Gasteiger partial charge in [-0.3, -0.25) is 0 Å². The molecule has 1 aliphatic heterocycles. The molecule has 1 fully saturated rings. The van der Waals surface area contributed by atoms with Crippen LogP contribution in [0.5, 0.6) is 0 Å². The first-order chi connectivity index (χ1) is 8.99. The van der Waals surface area contributed by atoms with Crippen molar-refractivity contribution in [2.24, 2.45) is 0 Å². The lowest BCUT2D eigenvalue weighted by molar-refractivity contribution is -0.0846. The molecule has 106 valence electrons. The van der Waals surface area contributed by atoms with Crippen molar-refractivity contribution in [1.82, 2.24) is 9.71 Å². The highest BCUT2D eigenvalue weighted by molar-refractivity contribution is 9.10. The van der Waals surface area contributed by atoms with Crippen LogP contribution in [0.2, 0.25) is 0 Å². The maximum Gasteiger partial charge on any atom is 0.244 e. The zero-order valence-corrected chi connectivity index (χ0v) is 12.4. The fourth-order valence-electron chi connectivity index (χ4n) is 1.58. The predicted octanol–water partition coefficient (Wildman–Crippen LogP) is 0.120. The minimum atomic E-state index is -3.72. The molecule has 1 unspecified atom stereocenters. The lowest BCUT2D eigenvalue weighted by atomic mass is 10.3. The zero-order valence-electron chi connectivity index (χ0n) is 10.0. The van der Waals surface area contributed by atoms with Crippen LogP contribution in [0.1, 0.15) is 0 Å². The third-order valence-electron chi connectivity index (χ3n) is 2.52. The van der Waals surface area contributed by atoms with Crippen molar-refractivity contribution in [3.8, 4) is 0 Å². The third kappa shape index (κ3) is 3.86. The summed E-state index contributed by atoms with van der Waals surface area (Å²) < 4.78 is 37.7. The van der Waals surface area contributed by atoms with E-state index in [2.05, 4.69) is 25.6 Å². The number of sulfonamides is 1. The number of aromatic nitrogens is 1. The molecular weight excluding hydrogens is 338 g/mol. The van der Waals surface area contributed by atoms with Crippen molar-refractivity contribution < 1.29 is 17.9 Å². The highest BCUT2D eigenvalue weighted by Crippen LogP contribution is 2.20. The van der Waals surface area contributed by atoms with E-state index >= 15 is 0 Å². The monoisotopic (exact) mass is 351 g/mol. The molecule has 0 aromatic carbocycles. The Bertz CT molecular complexity index is 546. The normalized spacial score (nSPS) is 20.4. The number of nitrogens with two attached hydrogens (primary N) is 1. The Balaban J connectivity index is 2.07. The summed E-state index contributed by atoms with van der Waals surface area (Å²) in [4.78, 5) is 3.74. The van der Waals surface area contributed by atoms with Crippen LogP contribution in [0.25, 0.3) is 0 Å². The molecule has 0 radical (unpaired) electrons. The highest BCUT2D eigenvalue weighted by Gasteiger charge is 2.22. The Labute approximate surface area is 119 Å². The van der Waals surface area contributed by atoms with Gasteiger partial charge in [-0.2, -0.15) is 0 Å². The van der Waals surface area contributed by atoms with E-state index < -0.39 is 10.0 Å². The van der Waals surface area contributed by atoms with Crippen molar-refractivity contribution in [2.75, 3.05) is 32.1 Å². The smallest absolute Gasteiger partial charge is 0.244 e. The Morgan fingerprint density at radius 3 is 3.00 bits per heavy atom. The van der Waals surface area contributed by atoms with Crippen LogP contribution >= 0.6 is 15.9 Å². The van der Waals surface area contributed by atoms with E-state index in [4.69, 9.17) is 15.2 Å². The van der Waals surface area contributed by atoms with Crippen LogP contribution in [0.15, 0.2) is 21.6 Å². The van der Waals surface area contributed by atoms with Gasteiger partial charge >= 0.3 is 0 Å². The van der Waals surface area contributed by atoms with Gasteiger partial charge in [0.25, 0.3) is 0 Å². The molecule has 0 bridgehead atoms. The number of hydrogen-bond acceptors (Lipinski definition) is 6. The second kappa shape index (κ2) is 6.14. The summed E-state index contributed by atoms with van der Waals surface area (Å²) in [6.45, 7) is 1.50. The molecule has 0 amide bonds. The third-order valence-corrected chi connectivity index (χ3v) is 4.41. The van der Waals surface area contributed by atoms with Gasteiger partial charge < -0.3 is 15.2 Å². The molecule has 0 spiro atoms. The van der Waals surface area contributed by atoms with Gasteiger partial charge in [-0.05, 0) is 22.0 Å². The number of pyridine rings is 1. The number of halogens is 1. The quantitative estimate of drug-likeness (QED) is 0.798. The van der Waals surface area contributed by atoms with Crippen LogP contribution in [0, 0.1) is 0 Å². The average Bonchev–Trinajstić information content (AvgIpc) is 2.40. The fourth-order valence-corrected chi connectivity index (χ4v) is 3.24. The summed E-state index contributed by atoms with van der Waals surface area (Å²) in [5.41, 5.74) is 5.58. The molecule has 7 nitrogen and oxygen atoms in total. The molecule has 2 rings (SSSR count). The summed E-state index contributed by atoms with van der Waals surface area (Å²) in [6, 6.07) is 1.41. The molecule has 1 saturated heterocycles. The molecule has 0 aliphatic carbocycles. The summed E-state index contributed by atoms with van der Waals surface area (Å²) in [5, 5.41) is 0. The van der Waals surface area contributed by atoms with Gasteiger partial charge in [-0.25, -0.2) is 18.1 Å². The second-order valence-electron chi connectivity index (χ2n) is 3.96. The van der Waals surface area contributed by atoms with Crippen LogP contribution in [0.3, 0.4) is 0 Å². The van der Waals surface area contributed by atoms with Crippen LogP contribution < -0.4 is 10.5 Å². The molecule has 1 atom stereocenters. The molecule has 1 aromatic rings. The van der Waals surface area contributed by atoms with E-state index in [0.29, 0.717) is 24.3 Å². The highest BCUT2D eigenvalue weighted by atomic mass is 79.9. The average molecular weight is 352 g/mol. The Hall–Kier alpha value is -0.740. The van der Waals surface area contributed by atoms with Gasteiger partial charge in [0.2, 0.25) is 10.0 Å². The van der Waals surface area contributed by atoms with Crippen molar-refractivity contribution >= 4 is 31.8 Å². The fraction of sp³-hybridized carbons (Fsp3) is 0.500. The summed E-state index contributed by atoms with van der Waals surface area (Å²) in [6.07, 6.45) is 1.15. The Kier molecular flexibility index (Phi) is 4.74. The Morgan fingerprint density at radius 1 is 1.53 bits per heavy atom. The molecule has 2 heterocycles. The van der Waals surface area contributed by atoms with Gasteiger partial charge in [-0.1, -0.05) is 0 Å². The number of hydrogen-bond donors (Lipinski definition) is 2. The standard InChI is InChI=1S/C10H14BrN3O4S/c11-7-3-9(10(12)13-4-7)19(15,16)14-5-8-6-17-1-2-18-8/h3-4,8,14H,1-2,5-6H2,(H2,12,13). The number of nitrogens with zero attached hydrogens (tertiary/aromatic N) is 1. The van der Waals surface area contributed by atoms with Crippen molar-refractivity contribution in [1.29, 1.82) is 0 Å². The van der Waals surface area contributed by atoms with Crippen molar-refractivity contribution in [3.05, 3.63) is 16.7 Å². The molecule has 9 heteroatoms. The number of anilines is 1. The first-order valence-corrected chi connectivity index (χ1v) is 7.87. The van der Waals surface area contributed by atoms with Gasteiger partial charge in [0.1, 0.15) is 10.7 Å². The molecule has 1 aliphatic rings. The maximum absolute atomic E-state index is 12.1. The van der Waals surface area contributed by atoms with Gasteiger partial charge in [0, 0.05) is 17.2 Å². The number of nitrogen functional groups attached to an aromatic ring is 1. The SMILES string of the molecule is Nc1ncc(Br)cc1S(=O)(=O)NCC1COCCO1. The van der Waals surface area contributed by atoms with E-state index in [1.54, 1.807) is 0 Å². The van der Waals surface area contributed by atoms with Gasteiger partial charge in [-0.15, -0.1) is 0 Å². The first-order valence-electron chi connectivity index (χ1n) is 5.59. The lowest BCUT2D eigenvalue weighted by Gasteiger charge is -2.23. The lowest BCUT2D eigenvalue weighted by Crippen LogP contribution is -2.39. The van der Waals surface area contributed by atoms with E-state index in [1.165, 1.54) is 12.3 Å². The minimum Gasteiger partial charge on any atom is -0.383 e. The van der Waals surface area contributed by atoms with E-state index in [-0.39, 0.29) is 23.4 Å². The topological polar surface area (TPSA) is 104 Å². The Morgan fingerprint density at radius 2 is 2.32 bits per heavy atom. The molecule has 3 N–H and O–H groups in total. The molecular formula is C10H14BrN3O4S. The van der Waals surface area contributed by atoms with Crippen molar-refractivity contribution in [2.45, 2.75) is 11.0 Å². The molecule has 19 heavy (non-hydrogen) atoms. The second-order valence-corrected chi connectivity index (χ2v) is 6.61.